The number of piperidine rings is 1. The average molecular weight is 393 g/mol. The van der Waals surface area contributed by atoms with Crippen molar-refractivity contribution in [1.29, 1.82) is 0 Å². The summed E-state index contributed by atoms with van der Waals surface area (Å²) in [5.74, 6) is 0.206. The molecule has 5 rings (SSSR count). The lowest BCUT2D eigenvalue weighted by Crippen LogP contribution is -2.46. The molecule has 0 aliphatic carbocycles. The standard InChI is InChI=1S/C23H24FN3O2/c1-25-20-10-5-15(13-21(20)26(2)23(25)29)22(28)27-18-8-9-19(27)12-16(11-18)14-3-6-17(24)7-4-14/h3-7,10,13,16,18-19H,8-9,11-12H2,1-2H3/t18-,19-/m0/s1. The van der Waals surface area contributed by atoms with Gasteiger partial charge < -0.3 is 4.90 Å². The van der Waals surface area contributed by atoms with Gasteiger partial charge in [0, 0.05) is 31.7 Å². The highest BCUT2D eigenvalue weighted by atomic mass is 19.1. The molecule has 150 valence electrons. The summed E-state index contributed by atoms with van der Waals surface area (Å²) in [5, 5.41) is 0. The molecule has 3 aromatic rings. The molecule has 0 unspecified atom stereocenters. The Balaban J connectivity index is 1.43. The third-order valence-electron chi connectivity index (χ3n) is 6.83. The molecule has 2 aromatic carbocycles. The van der Waals surface area contributed by atoms with Crippen molar-refractivity contribution in [2.24, 2.45) is 14.1 Å². The van der Waals surface area contributed by atoms with Crippen LogP contribution in [0, 0.1) is 5.82 Å². The van der Waals surface area contributed by atoms with Crippen molar-refractivity contribution in [2.45, 2.75) is 43.7 Å². The maximum atomic E-state index is 13.4. The van der Waals surface area contributed by atoms with Gasteiger partial charge in [-0.05, 0) is 67.5 Å². The normalized spacial score (nSPS) is 23.7. The number of imidazole rings is 1. The molecule has 0 radical (unpaired) electrons. The predicted molar refractivity (Wildman–Crippen MR) is 110 cm³/mol. The topological polar surface area (TPSA) is 47.2 Å². The van der Waals surface area contributed by atoms with Crippen molar-refractivity contribution in [3.63, 3.8) is 0 Å². The van der Waals surface area contributed by atoms with Crippen LogP contribution in [0.15, 0.2) is 47.3 Å². The fraction of sp³-hybridized carbons (Fsp3) is 0.391. The van der Waals surface area contributed by atoms with Crippen LogP contribution >= 0.6 is 0 Å². The lowest BCUT2D eigenvalue weighted by molar-refractivity contribution is 0.0571. The Morgan fingerprint density at radius 1 is 0.931 bits per heavy atom. The first-order chi connectivity index (χ1) is 13.9. The molecular formula is C23H24FN3O2. The van der Waals surface area contributed by atoms with E-state index in [9.17, 15) is 14.0 Å². The number of nitrogens with zero attached hydrogens (tertiary/aromatic N) is 3. The Morgan fingerprint density at radius 3 is 2.21 bits per heavy atom. The molecule has 0 saturated carbocycles. The van der Waals surface area contributed by atoms with Gasteiger partial charge in [-0.25, -0.2) is 9.18 Å². The SMILES string of the molecule is Cn1c(=O)n(C)c2cc(C(=O)N3[C@H]4CC[C@H]3CC(c3ccc(F)cc3)C4)ccc21. The first-order valence-corrected chi connectivity index (χ1v) is 10.2. The fourth-order valence-corrected chi connectivity index (χ4v) is 5.30. The van der Waals surface area contributed by atoms with Crippen LogP contribution in [0.2, 0.25) is 0 Å². The van der Waals surface area contributed by atoms with Crippen molar-refractivity contribution in [1.82, 2.24) is 14.0 Å². The zero-order valence-electron chi connectivity index (χ0n) is 16.6. The Hall–Kier alpha value is -2.89. The Labute approximate surface area is 168 Å². The van der Waals surface area contributed by atoms with E-state index in [2.05, 4.69) is 4.90 Å². The minimum atomic E-state index is -0.213. The third kappa shape index (κ3) is 2.81. The second-order valence-corrected chi connectivity index (χ2v) is 8.42. The number of aromatic nitrogens is 2. The largest absolute Gasteiger partial charge is 0.333 e. The molecule has 2 aliphatic heterocycles. The minimum absolute atomic E-state index is 0.0493. The monoisotopic (exact) mass is 393 g/mol. The van der Waals surface area contributed by atoms with E-state index in [-0.39, 0.29) is 29.5 Å². The Morgan fingerprint density at radius 2 is 1.55 bits per heavy atom. The van der Waals surface area contributed by atoms with Gasteiger partial charge in [0.2, 0.25) is 0 Å². The molecular weight excluding hydrogens is 369 g/mol. The number of aryl methyl sites for hydroxylation is 2. The molecule has 5 nitrogen and oxygen atoms in total. The van der Waals surface area contributed by atoms with Crippen molar-refractivity contribution in [2.75, 3.05) is 0 Å². The van der Waals surface area contributed by atoms with Crippen LogP contribution in [0.1, 0.15) is 47.5 Å². The average Bonchev–Trinajstić information content (AvgIpc) is 3.12. The van der Waals surface area contributed by atoms with Gasteiger partial charge in [-0.15, -0.1) is 0 Å². The van der Waals surface area contributed by atoms with Crippen LogP contribution < -0.4 is 5.69 Å². The van der Waals surface area contributed by atoms with Gasteiger partial charge in [0.25, 0.3) is 5.91 Å². The van der Waals surface area contributed by atoms with Gasteiger partial charge in [-0.1, -0.05) is 12.1 Å². The van der Waals surface area contributed by atoms with Gasteiger partial charge in [-0.2, -0.15) is 0 Å². The lowest BCUT2D eigenvalue weighted by atomic mass is 9.85. The molecule has 2 atom stereocenters. The second-order valence-electron chi connectivity index (χ2n) is 8.42. The predicted octanol–water partition coefficient (Wildman–Crippen LogP) is 3.57. The van der Waals surface area contributed by atoms with Gasteiger partial charge in [-0.3, -0.25) is 13.9 Å². The first-order valence-electron chi connectivity index (χ1n) is 10.2. The molecule has 2 bridgehead atoms. The maximum absolute atomic E-state index is 13.4. The van der Waals surface area contributed by atoms with Crippen molar-refractivity contribution in [3.05, 3.63) is 69.9 Å². The summed E-state index contributed by atoms with van der Waals surface area (Å²) in [4.78, 5) is 27.6. The van der Waals surface area contributed by atoms with Crippen molar-refractivity contribution >= 4 is 16.9 Å². The molecule has 0 N–H and O–H groups in total. The summed E-state index contributed by atoms with van der Waals surface area (Å²) in [6, 6.07) is 12.7. The summed E-state index contributed by atoms with van der Waals surface area (Å²) >= 11 is 0. The highest BCUT2D eigenvalue weighted by molar-refractivity contribution is 5.98. The highest BCUT2D eigenvalue weighted by Crippen LogP contribution is 2.43. The van der Waals surface area contributed by atoms with Crippen molar-refractivity contribution < 1.29 is 9.18 Å². The minimum Gasteiger partial charge on any atom is -0.333 e. The van der Waals surface area contributed by atoms with Crippen molar-refractivity contribution in [3.8, 4) is 0 Å². The highest BCUT2D eigenvalue weighted by Gasteiger charge is 2.43. The van der Waals surface area contributed by atoms with E-state index in [1.54, 1.807) is 23.2 Å². The summed E-state index contributed by atoms with van der Waals surface area (Å²) in [6.07, 6.45) is 3.86. The van der Waals surface area contributed by atoms with Crippen LogP contribution in [0.25, 0.3) is 11.0 Å². The van der Waals surface area contributed by atoms with E-state index in [4.69, 9.17) is 0 Å². The number of hydrogen-bond acceptors (Lipinski definition) is 2. The Bertz CT molecular complexity index is 1150. The summed E-state index contributed by atoms with van der Waals surface area (Å²) in [7, 11) is 3.48. The lowest BCUT2D eigenvalue weighted by Gasteiger charge is -2.39. The van der Waals surface area contributed by atoms with E-state index in [0.717, 1.165) is 42.3 Å². The zero-order valence-corrected chi connectivity index (χ0v) is 16.6. The molecule has 29 heavy (non-hydrogen) atoms. The van der Waals surface area contributed by atoms with E-state index in [0.29, 0.717) is 11.5 Å². The quantitative estimate of drug-likeness (QED) is 0.668. The summed E-state index contributed by atoms with van der Waals surface area (Å²) in [5.41, 5.74) is 3.31. The van der Waals surface area contributed by atoms with Crippen LogP contribution in [0.4, 0.5) is 4.39 Å². The van der Waals surface area contributed by atoms with E-state index in [1.807, 2.05) is 30.3 Å². The molecule has 3 heterocycles. The van der Waals surface area contributed by atoms with E-state index < -0.39 is 0 Å². The number of rotatable bonds is 2. The number of halogens is 1. The van der Waals surface area contributed by atoms with E-state index >= 15 is 0 Å². The molecule has 2 saturated heterocycles. The smallest absolute Gasteiger partial charge is 0.328 e. The summed E-state index contributed by atoms with van der Waals surface area (Å²) in [6.45, 7) is 0. The number of carbonyl (C=O) groups excluding carboxylic acids is 1. The third-order valence-corrected chi connectivity index (χ3v) is 6.83. The van der Waals surface area contributed by atoms with Crippen LogP contribution in [-0.4, -0.2) is 32.0 Å². The molecule has 1 aromatic heterocycles. The Kier molecular flexibility index (Phi) is 4.12. The zero-order chi connectivity index (χ0) is 20.3. The number of hydrogen-bond donors (Lipinski definition) is 0. The number of amides is 1. The van der Waals surface area contributed by atoms with Crippen LogP contribution in [-0.2, 0) is 14.1 Å². The fourth-order valence-electron chi connectivity index (χ4n) is 5.30. The second kappa shape index (κ2) is 6.58. The van der Waals surface area contributed by atoms with Gasteiger partial charge in [0.15, 0.2) is 0 Å². The maximum Gasteiger partial charge on any atom is 0.328 e. The molecule has 1 amide bonds. The van der Waals surface area contributed by atoms with Gasteiger partial charge in [0.05, 0.1) is 11.0 Å². The van der Waals surface area contributed by atoms with Crippen LogP contribution in [0.3, 0.4) is 0 Å². The van der Waals surface area contributed by atoms with Gasteiger partial charge >= 0.3 is 5.69 Å². The molecule has 2 aliphatic rings. The molecule has 6 heteroatoms. The number of benzene rings is 2. The molecule has 0 spiro atoms. The van der Waals surface area contributed by atoms with Gasteiger partial charge in [0.1, 0.15) is 5.82 Å². The van der Waals surface area contributed by atoms with E-state index in [1.165, 1.54) is 12.1 Å². The first kappa shape index (κ1) is 18.2. The molecule has 2 fully saturated rings. The summed E-state index contributed by atoms with van der Waals surface area (Å²) < 4.78 is 16.4. The number of fused-ring (bicyclic) bond motifs is 3. The van der Waals surface area contributed by atoms with Crippen LogP contribution in [0.5, 0.6) is 0 Å². The number of carbonyl (C=O) groups is 1.